The Bertz CT molecular complexity index is 358. The zero-order chi connectivity index (χ0) is 10.0. The van der Waals surface area contributed by atoms with Crippen LogP contribution in [0.2, 0.25) is 5.02 Å². The van der Waals surface area contributed by atoms with Crippen LogP contribution in [0.5, 0.6) is 5.75 Å². The van der Waals surface area contributed by atoms with Gasteiger partial charge < -0.3 is 4.84 Å². The largest absolute Gasteiger partial charge is 0.404 e. The van der Waals surface area contributed by atoms with Gasteiger partial charge in [-0.2, -0.15) is 5.90 Å². The first-order chi connectivity index (χ1) is 6.06. The fourth-order valence-corrected chi connectivity index (χ4v) is 0.913. The molecule has 0 aliphatic rings. The van der Waals surface area contributed by atoms with Gasteiger partial charge in [-0.15, -0.1) is 0 Å². The lowest BCUT2D eigenvalue weighted by Crippen LogP contribution is -2.05. The summed E-state index contributed by atoms with van der Waals surface area (Å²) < 4.78 is 12.7. The number of benzene rings is 1. The molecule has 0 unspecified atom stereocenters. The highest BCUT2D eigenvalue weighted by molar-refractivity contribution is 6.31. The van der Waals surface area contributed by atoms with Gasteiger partial charge in [0.25, 0.3) is 0 Å². The minimum atomic E-state index is -0.826. The van der Waals surface area contributed by atoms with Crippen molar-refractivity contribution in [2.24, 2.45) is 5.90 Å². The Kier molecular flexibility index (Phi) is 2.64. The number of halogens is 2. The van der Waals surface area contributed by atoms with E-state index >= 15 is 0 Å². The number of hydrogen-bond acceptors (Lipinski definition) is 4. The van der Waals surface area contributed by atoms with Crippen molar-refractivity contribution < 1.29 is 14.2 Å². The van der Waals surface area contributed by atoms with Crippen molar-refractivity contribution in [3.8, 4) is 5.75 Å². The Morgan fingerprint density at radius 3 is 2.69 bits per heavy atom. The molecule has 1 aromatic rings. The fourth-order valence-electron chi connectivity index (χ4n) is 0.755. The van der Waals surface area contributed by atoms with Crippen molar-refractivity contribution in [3.05, 3.63) is 33.1 Å². The molecule has 1 aromatic carbocycles. The predicted octanol–water partition coefficient (Wildman–Crippen LogP) is 1.64. The molecule has 13 heavy (non-hydrogen) atoms. The molecule has 0 aliphatic heterocycles. The molecular weight excluding hydrogens is 203 g/mol. The van der Waals surface area contributed by atoms with Crippen molar-refractivity contribution in [1.82, 2.24) is 0 Å². The molecule has 0 aliphatic carbocycles. The predicted molar refractivity (Wildman–Crippen MR) is 42.9 cm³/mol. The Morgan fingerprint density at radius 1 is 1.62 bits per heavy atom. The zero-order valence-corrected chi connectivity index (χ0v) is 6.92. The Labute approximate surface area is 77.0 Å². The van der Waals surface area contributed by atoms with Crippen molar-refractivity contribution in [2.75, 3.05) is 0 Å². The molecule has 0 bridgehead atoms. The number of hydrogen-bond donors (Lipinski definition) is 1. The maximum atomic E-state index is 12.7. The number of nitrogens with zero attached hydrogens (tertiary/aromatic N) is 1. The topological polar surface area (TPSA) is 78.4 Å². The van der Waals surface area contributed by atoms with Crippen LogP contribution < -0.4 is 10.7 Å². The molecule has 0 fully saturated rings. The summed E-state index contributed by atoms with van der Waals surface area (Å²) in [6.45, 7) is 0. The molecule has 0 saturated heterocycles. The Balaban J connectivity index is 3.33. The quantitative estimate of drug-likeness (QED) is 0.589. The number of nitrogens with two attached hydrogens (primary N) is 1. The summed E-state index contributed by atoms with van der Waals surface area (Å²) in [4.78, 5) is 13.7. The summed E-state index contributed by atoms with van der Waals surface area (Å²) in [7, 11) is 0. The summed E-state index contributed by atoms with van der Waals surface area (Å²) in [5.74, 6) is 3.50. The summed E-state index contributed by atoms with van der Waals surface area (Å²) in [6.07, 6.45) is 0. The van der Waals surface area contributed by atoms with Crippen LogP contribution in [-0.4, -0.2) is 4.92 Å². The highest BCUT2D eigenvalue weighted by atomic mass is 35.5. The van der Waals surface area contributed by atoms with E-state index in [4.69, 9.17) is 17.5 Å². The van der Waals surface area contributed by atoms with Crippen LogP contribution in [-0.2, 0) is 0 Å². The van der Waals surface area contributed by atoms with Gasteiger partial charge in [0.05, 0.1) is 9.95 Å². The van der Waals surface area contributed by atoms with E-state index in [9.17, 15) is 14.5 Å². The van der Waals surface area contributed by atoms with Crippen LogP contribution in [0.3, 0.4) is 0 Å². The van der Waals surface area contributed by atoms with Gasteiger partial charge in [-0.3, -0.25) is 10.1 Å². The maximum Gasteiger partial charge on any atom is 0.315 e. The SMILES string of the molecule is NOc1cc(F)c(Cl)cc1[N+](=O)[O-]. The molecule has 5 nitrogen and oxygen atoms in total. The van der Waals surface area contributed by atoms with Gasteiger partial charge in [-0.05, 0) is 0 Å². The maximum absolute atomic E-state index is 12.7. The van der Waals surface area contributed by atoms with Gasteiger partial charge in [0, 0.05) is 12.1 Å². The van der Waals surface area contributed by atoms with E-state index in [2.05, 4.69) is 4.84 Å². The van der Waals surface area contributed by atoms with E-state index in [1.54, 1.807) is 0 Å². The summed E-state index contributed by atoms with van der Waals surface area (Å²) in [6, 6.07) is 1.58. The normalized spacial score (nSPS) is 9.77. The highest BCUT2D eigenvalue weighted by Crippen LogP contribution is 2.31. The van der Waals surface area contributed by atoms with Crippen molar-refractivity contribution in [2.45, 2.75) is 0 Å². The van der Waals surface area contributed by atoms with Gasteiger partial charge in [-0.25, -0.2) is 4.39 Å². The molecule has 0 heterocycles. The lowest BCUT2D eigenvalue weighted by molar-refractivity contribution is -0.385. The second-order valence-corrected chi connectivity index (χ2v) is 2.52. The average molecular weight is 207 g/mol. The lowest BCUT2D eigenvalue weighted by atomic mass is 10.3. The molecule has 7 heteroatoms. The molecule has 70 valence electrons. The van der Waals surface area contributed by atoms with Crippen molar-refractivity contribution >= 4 is 17.3 Å². The summed E-state index contributed by atoms with van der Waals surface area (Å²) in [5.41, 5.74) is -0.478. The lowest BCUT2D eigenvalue weighted by Gasteiger charge is -2.00. The first kappa shape index (κ1) is 9.69. The standard InChI is InChI=1S/C6H4ClFN2O3/c7-3-1-5(10(11)12)6(13-9)2-4(3)8/h1-2H,9H2. The number of rotatable bonds is 2. The Hall–Kier alpha value is -1.40. The van der Waals surface area contributed by atoms with Gasteiger partial charge in [0.15, 0.2) is 0 Å². The molecule has 0 radical (unpaired) electrons. The molecule has 1 rings (SSSR count). The monoisotopic (exact) mass is 206 g/mol. The van der Waals surface area contributed by atoms with E-state index < -0.39 is 16.4 Å². The van der Waals surface area contributed by atoms with Crippen LogP contribution in [0.25, 0.3) is 0 Å². The van der Waals surface area contributed by atoms with Crippen LogP contribution in [0.15, 0.2) is 12.1 Å². The summed E-state index contributed by atoms with van der Waals surface area (Å²) >= 11 is 5.31. The molecule has 0 spiro atoms. The Morgan fingerprint density at radius 2 is 2.23 bits per heavy atom. The van der Waals surface area contributed by atoms with E-state index in [0.29, 0.717) is 0 Å². The van der Waals surface area contributed by atoms with E-state index in [1.165, 1.54) is 0 Å². The molecule has 0 saturated carbocycles. The first-order valence-electron chi connectivity index (χ1n) is 3.06. The zero-order valence-electron chi connectivity index (χ0n) is 6.16. The number of nitro benzene ring substituents is 1. The first-order valence-corrected chi connectivity index (χ1v) is 3.44. The molecule has 2 N–H and O–H groups in total. The highest BCUT2D eigenvalue weighted by Gasteiger charge is 2.18. The van der Waals surface area contributed by atoms with E-state index in [0.717, 1.165) is 12.1 Å². The molecular formula is C6H4ClFN2O3. The third-order valence-corrected chi connectivity index (χ3v) is 1.62. The van der Waals surface area contributed by atoms with Crippen LogP contribution in [0, 0.1) is 15.9 Å². The van der Waals surface area contributed by atoms with Gasteiger partial charge >= 0.3 is 5.69 Å². The minimum absolute atomic E-state index is 0.354. The molecule has 0 amide bonds. The average Bonchev–Trinajstić information content (AvgIpc) is 2.08. The van der Waals surface area contributed by atoms with Crippen molar-refractivity contribution in [3.63, 3.8) is 0 Å². The van der Waals surface area contributed by atoms with E-state index in [-0.39, 0.29) is 10.8 Å². The minimum Gasteiger partial charge on any atom is -0.404 e. The van der Waals surface area contributed by atoms with Gasteiger partial charge in [0.2, 0.25) is 5.75 Å². The third-order valence-electron chi connectivity index (χ3n) is 1.33. The fraction of sp³-hybridized carbons (Fsp3) is 0. The third kappa shape index (κ3) is 1.85. The molecule has 0 aromatic heterocycles. The van der Waals surface area contributed by atoms with Crippen LogP contribution >= 0.6 is 11.6 Å². The van der Waals surface area contributed by atoms with Crippen molar-refractivity contribution in [1.29, 1.82) is 0 Å². The van der Waals surface area contributed by atoms with E-state index in [1.807, 2.05) is 0 Å². The number of nitro groups is 1. The molecule has 0 atom stereocenters. The smallest absolute Gasteiger partial charge is 0.315 e. The second-order valence-electron chi connectivity index (χ2n) is 2.11. The van der Waals surface area contributed by atoms with Crippen LogP contribution in [0.4, 0.5) is 10.1 Å². The van der Waals surface area contributed by atoms with Gasteiger partial charge in [0.1, 0.15) is 5.82 Å². The second kappa shape index (κ2) is 3.55. The summed E-state index contributed by atoms with van der Waals surface area (Å²) in [5, 5.41) is 9.98. The van der Waals surface area contributed by atoms with Crippen LogP contribution in [0.1, 0.15) is 0 Å². The van der Waals surface area contributed by atoms with Gasteiger partial charge in [-0.1, -0.05) is 11.6 Å².